The van der Waals surface area contributed by atoms with Gasteiger partial charge in [-0.3, -0.25) is 4.79 Å². The Labute approximate surface area is 69.2 Å². The highest BCUT2D eigenvalue weighted by molar-refractivity contribution is 5.74. The van der Waals surface area contributed by atoms with E-state index in [0.29, 0.717) is 12.2 Å². The molecule has 1 aromatic heterocycles. The molecule has 0 N–H and O–H groups in total. The summed E-state index contributed by atoms with van der Waals surface area (Å²) in [6.07, 6.45) is 0.708. The standard InChI is InChI=1S/C9H8NO2/c1-10-7-4-2-3-5-8(7)12-9(10)6-11/h2-6H,1H3/q+1. The third-order valence-electron chi connectivity index (χ3n) is 1.87. The molecule has 0 aliphatic heterocycles. The summed E-state index contributed by atoms with van der Waals surface area (Å²) in [6.45, 7) is 0. The summed E-state index contributed by atoms with van der Waals surface area (Å²) in [4.78, 5) is 10.5. The van der Waals surface area contributed by atoms with Crippen LogP contribution in [0, 0.1) is 0 Å². The third kappa shape index (κ3) is 0.830. The topological polar surface area (TPSA) is 34.1 Å². The maximum atomic E-state index is 10.5. The largest absolute Gasteiger partial charge is 0.415 e. The van der Waals surface area contributed by atoms with Crippen LogP contribution < -0.4 is 4.57 Å². The van der Waals surface area contributed by atoms with Crippen LogP contribution in [0.3, 0.4) is 0 Å². The Hall–Kier alpha value is -1.64. The first kappa shape index (κ1) is 7.03. The zero-order valence-electron chi connectivity index (χ0n) is 6.65. The van der Waals surface area contributed by atoms with Crippen LogP contribution >= 0.6 is 0 Å². The van der Waals surface area contributed by atoms with Crippen molar-refractivity contribution in [1.82, 2.24) is 0 Å². The Bertz CT molecular complexity index is 431. The van der Waals surface area contributed by atoms with Crippen molar-refractivity contribution in [2.24, 2.45) is 7.05 Å². The molecule has 3 heteroatoms. The van der Waals surface area contributed by atoms with Gasteiger partial charge >= 0.3 is 5.89 Å². The lowest BCUT2D eigenvalue weighted by molar-refractivity contribution is -0.651. The number of aromatic nitrogens is 1. The van der Waals surface area contributed by atoms with E-state index in [1.165, 1.54) is 0 Å². The molecule has 0 saturated carbocycles. The molecule has 0 saturated heterocycles. The number of para-hydroxylation sites is 2. The molecule has 0 radical (unpaired) electrons. The number of aryl methyl sites for hydroxylation is 1. The van der Waals surface area contributed by atoms with Crippen LogP contribution in [0.5, 0.6) is 0 Å². The highest BCUT2D eigenvalue weighted by Gasteiger charge is 2.16. The lowest BCUT2D eigenvalue weighted by Crippen LogP contribution is -2.30. The number of hydrogen-bond donors (Lipinski definition) is 0. The number of hydrogen-bond acceptors (Lipinski definition) is 2. The number of oxazole rings is 1. The normalized spacial score (nSPS) is 10.4. The van der Waals surface area contributed by atoms with Crippen LogP contribution in [0.2, 0.25) is 0 Å². The summed E-state index contributed by atoms with van der Waals surface area (Å²) < 4.78 is 6.97. The second kappa shape index (κ2) is 2.44. The van der Waals surface area contributed by atoms with Crippen molar-refractivity contribution in [3.8, 4) is 0 Å². The average molecular weight is 162 g/mol. The van der Waals surface area contributed by atoms with Crippen LogP contribution in [-0.4, -0.2) is 6.29 Å². The van der Waals surface area contributed by atoms with Gasteiger partial charge in [-0.15, -0.1) is 0 Å². The van der Waals surface area contributed by atoms with Crippen LogP contribution in [0.15, 0.2) is 28.7 Å². The minimum absolute atomic E-state index is 0.344. The zero-order chi connectivity index (χ0) is 8.55. The summed E-state index contributed by atoms with van der Waals surface area (Å²) >= 11 is 0. The van der Waals surface area contributed by atoms with E-state index in [2.05, 4.69) is 0 Å². The fourth-order valence-electron chi connectivity index (χ4n) is 1.22. The summed E-state index contributed by atoms with van der Waals surface area (Å²) in [6, 6.07) is 7.53. The van der Waals surface area contributed by atoms with Gasteiger partial charge in [0.25, 0.3) is 11.8 Å². The predicted octanol–water partition coefficient (Wildman–Crippen LogP) is 1.07. The summed E-state index contributed by atoms with van der Waals surface area (Å²) in [5, 5.41) is 0. The molecule has 60 valence electrons. The first-order valence-electron chi connectivity index (χ1n) is 3.65. The van der Waals surface area contributed by atoms with Gasteiger partial charge in [-0.2, -0.15) is 4.57 Å². The summed E-state index contributed by atoms with van der Waals surface area (Å²) in [5.74, 6) is 0.344. The molecule has 0 aliphatic rings. The number of nitrogens with zero attached hydrogens (tertiary/aromatic N) is 1. The van der Waals surface area contributed by atoms with Crippen molar-refractivity contribution in [2.75, 3.05) is 0 Å². The Morgan fingerprint density at radius 2 is 2.17 bits per heavy atom. The van der Waals surface area contributed by atoms with Gasteiger partial charge in [0.2, 0.25) is 5.58 Å². The molecule has 3 nitrogen and oxygen atoms in total. The lowest BCUT2D eigenvalue weighted by Gasteiger charge is -1.79. The van der Waals surface area contributed by atoms with Gasteiger partial charge in [0.15, 0.2) is 0 Å². The smallest absolute Gasteiger partial charge is 0.396 e. The number of benzene rings is 1. The fourth-order valence-corrected chi connectivity index (χ4v) is 1.22. The third-order valence-corrected chi connectivity index (χ3v) is 1.87. The van der Waals surface area contributed by atoms with E-state index in [-0.39, 0.29) is 0 Å². The van der Waals surface area contributed by atoms with Gasteiger partial charge in [0.05, 0.1) is 0 Å². The monoisotopic (exact) mass is 162 g/mol. The highest BCUT2D eigenvalue weighted by Crippen LogP contribution is 2.10. The maximum Gasteiger partial charge on any atom is 0.415 e. The van der Waals surface area contributed by atoms with Crippen LogP contribution in [0.1, 0.15) is 10.7 Å². The van der Waals surface area contributed by atoms with Crippen molar-refractivity contribution in [2.45, 2.75) is 0 Å². The van der Waals surface area contributed by atoms with E-state index in [0.717, 1.165) is 11.1 Å². The lowest BCUT2D eigenvalue weighted by atomic mass is 10.3. The molecule has 0 unspecified atom stereocenters. The Balaban J connectivity index is 2.87. The van der Waals surface area contributed by atoms with Crippen molar-refractivity contribution in [3.05, 3.63) is 30.2 Å². The van der Waals surface area contributed by atoms with Gasteiger partial charge in [0, 0.05) is 6.07 Å². The van der Waals surface area contributed by atoms with Gasteiger partial charge in [0.1, 0.15) is 7.05 Å². The second-order valence-electron chi connectivity index (χ2n) is 2.58. The molecule has 0 aliphatic carbocycles. The molecule has 2 rings (SSSR count). The predicted molar refractivity (Wildman–Crippen MR) is 42.8 cm³/mol. The molecule has 0 spiro atoms. The van der Waals surface area contributed by atoms with E-state index >= 15 is 0 Å². The van der Waals surface area contributed by atoms with E-state index < -0.39 is 0 Å². The van der Waals surface area contributed by atoms with Crippen molar-refractivity contribution in [3.63, 3.8) is 0 Å². The van der Waals surface area contributed by atoms with E-state index in [9.17, 15) is 4.79 Å². The number of carbonyl (C=O) groups excluding carboxylic acids is 1. The minimum Gasteiger partial charge on any atom is -0.396 e. The van der Waals surface area contributed by atoms with Gasteiger partial charge < -0.3 is 4.42 Å². The molecule has 0 bridgehead atoms. The van der Waals surface area contributed by atoms with Crippen LogP contribution in [-0.2, 0) is 7.05 Å². The summed E-state index contributed by atoms with van der Waals surface area (Å²) in [5.41, 5.74) is 1.67. The average Bonchev–Trinajstić information content (AvgIpc) is 2.44. The SMILES string of the molecule is C[n+]1c(C=O)oc2ccccc21. The summed E-state index contributed by atoms with van der Waals surface area (Å²) in [7, 11) is 1.80. The Morgan fingerprint density at radius 1 is 1.42 bits per heavy atom. The van der Waals surface area contributed by atoms with Gasteiger partial charge in [-0.05, 0) is 6.07 Å². The molecule has 0 fully saturated rings. The first-order chi connectivity index (χ1) is 5.83. The van der Waals surface area contributed by atoms with Crippen molar-refractivity contribution < 1.29 is 13.8 Å². The van der Waals surface area contributed by atoms with E-state index in [1.807, 2.05) is 24.3 Å². The molecule has 0 amide bonds. The Kier molecular flexibility index (Phi) is 1.43. The molecule has 2 aromatic rings. The number of rotatable bonds is 1. The van der Waals surface area contributed by atoms with Crippen LogP contribution in [0.25, 0.3) is 11.1 Å². The number of carbonyl (C=O) groups is 1. The van der Waals surface area contributed by atoms with Crippen molar-refractivity contribution in [1.29, 1.82) is 0 Å². The van der Waals surface area contributed by atoms with E-state index in [4.69, 9.17) is 4.42 Å². The zero-order valence-corrected chi connectivity index (χ0v) is 6.65. The fraction of sp³-hybridized carbons (Fsp3) is 0.111. The number of aldehydes is 1. The second-order valence-corrected chi connectivity index (χ2v) is 2.58. The molecule has 0 atom stereocenters. The first-order valence-corrected chi connectivity index (χ1v) is 3.65. The van der Waals surface area contributed by atoms with Crippen LogP contribution in [0.4, 0.5) is 0 Å². The molecular formula is C9H8NO2+. The van der Waals surface area contributed by atoms with Gasteiger partial charge in [-0.25, -0.2) is 0 Å². The van der Waals surface area contributed by atoms with E-state index in [1.54, 1.807) is 11.6 Å². The minimum atomic E-state index is 0.344. The maximum absolute atomic E-state index is 10.5. The molecule has 12 heavy (non-hydrogen) atoms. The van der Waals surface area contributed by atoms with Crippen molar-refractivity contribution >= 4 is 17.4 Å². The molecular weight excluding hydrogens is 154 g/mol. The number of fused-ring (bicyclic) bond motifs is 1. The Morgan fingerprint density at radius 3 is 2.83 bits per heavy atom. The highest BCUT2D eigenvalue weighted by atomic mass is 16.4. The quantitative estimate of drug-likeness (QED) is 0.464. The molecule has 1 heterocycles. The molecule has 1 aromatic carbocycles. The van der Waals surface area contributed by atoms with Gasteiger partial charge in [-0.1, -0.05) is 12.1 Å².